The lowest BCUT2D eigenvalue weighted by atomic mass is 10.2. The second-order valence-electron chi connectivity index (χ2n) is 3.79. The van der Waals surface area contributed by atoms with Gasteiger partial charge >= 0.3 is 0 Å². The minimum Gasteiger partial charge on any atom is -0.305 e. The Labute approximate surface area is 85.8 Å². The fourth-order valence-corrected chi connectivity index (χ4v) is 1.35. The highest BCUT2D eigenvalue weighted by molar-refractivity contribution is 5.06. The number of allylic oxidation sites excluding steroid dienone is 1. The second-order valence-corrected chi connectivity index (χ2v) is 3.79. The molecule has 0 saturated heterocycles. The summed E-state index contributed by atoms with van der Waals surface area (Å²) >= 11 is 0. The van der Waals surface area contributed by atoms with E-state index in [1.807, 2.05) is 24.0 Å². The molecule has 0 spiro atoms. The van der Waals surface area contributed by atoms with Crippen LogP contribution in [-0.4, -0.2) is 16.3 Å². The molecule has 3 heteroatoms. The predicted octanol–water partition coefficient (Wildman–Crippen LogP) is 2.04. The molecule has 14 heavy (non-hydrogen) atoms. The van der Waals surface area contributed by atoms with Crippen LogP contribution in [0.3, 0.4) is 0 Å². The first-order valence-electron chi connectivity index (χ1n) is 4.96. The molecule has 0 aliphatic rings. The van der Waals surface area contributed by atoms with Crippen molar-refractivity contribution >= 4 is 0 Å². The fraction of sp³-hybridized carbons (Fsp3) is 0.545. The first-order valence-corrected chi connectivity index (χ1v) is 4.96. The van der Waals surface area contributed by atoms with Crippen LogP contribution in [0.1, 0.15) is 32.5 Å². The Morgan fingerprint density at radius 1 is 1.64 bits per heavy atom. The van der Waals surface area contributed by atoms with Gasteiger partial charge in [-0.25, -0.2) is 0 Å². The van der Waals surface area contributed by atoms with Crippen molar-refractivity contribution in [2.24, 2.45) is 7.05 Å². The van der Waals surface area contributed by atoms with Crippen molar-refractivity contribution in [2.75, 3.05) is 6.54 Å². The molecule has 1 heterocycles. The number of rotatable bonds is 4. The first-order chi connectivity index (χ1) is 6.61. The van der Waals surface area contributed by atoms with Gasteiger partial charge in [-0.1, -0.05) is 11.6 Å². The highest BCUT2D eigenvalue weighted by atomic mass is 15.3. The molecule has 0 radical (unpaired) electrons. The summed E-state index contributed by atoms with van der Waals surface area (Å²) in [6.45, 7) is 7.28. The molecule has 0 aliphatic heterocycles. The van der Waals surface area contributed by atoms with Crippen molar-refractivity contribution in [1.29, 1.82) is 0 Å². The van der Waals surface area contributed by atoms with Gasteiger partial charge in [-0.3, -0.25) is 4.68 Å². The van der Waals surface area contributed by atoms with E-state index in [1.54, 1.807) is 0 Å². The van der Waals surface area contributed by atoms with Crippen LogP contribution in [0.15, 0.2) is 23.9 Å². The zero-order valence-corrected chi connectivity index (χ0v) is 9.41. The van der Waals surface area contributed by atoms with Crippen molar-refractivity contribution in [1.82, 2.24) is 15.1 Å². The highest BCUT2D eigenvalue weighted by Gasteiger charge is 2.06. The Bertz CT molecular complexity index is 308. The molecule has 1 aromatic heterocycles. The Morgan fingerprint density at radius 2 is 2.36 bits per heavy atom. The van der Waals surface area contributed by atoms with Gasteiger partial charge in [0, 0.05) is 25.8 Å². The van der Waals surface area contributed by atoms with Gasteiger partial charge in [-0.2, -0.15) is 5.10 Å². The van der Waals surface area contributed by atoms with E-state index in [-0.39, 0.29) is 0 Å². The average Bonchev–Trinajstić information content (AvgIpc) is 2.50. The third kappa shape index (κ3) is 3.00. The van der Waals surface area contributed by atoms with Crippen molar-refractivity contribution < 1.29 is 0 Å². The van der Waals surface area contributed by atoms with Gasteiger partial charge in [0.15, 0.2) is 0 Å². The molecular formula is C11H19N3. The summed E-state index contributed by atoms with van der Waals surface area (Å²) in [6, 6.07) is 2.39. The van der Waals surface area contributed by atoms with Crippen LogP contribution in [0.4, 0.5) is 0 Å². The quantitative estimate of drug-likeness (QED) is 0.742. The van der Waals surface area contributed by atoms with Crippen molar-refractivity contribution in [3.05, 3.63) is 29.6 Å². The molecule has 1 rings (SSSR count). The summed E-state index contributed by atoms with van der Waals surface area (Å²) < 4.78 is 1.90. The summed E-state index contributed by atoms with van der Waals surface area (Å²) in [7, 11) is 1.97. The van der Waals surface area contributed by atoms with Crippen molar-refractivity contribution in [3.8, 4) is 0 Å². The minimum atomic E-state index is 0.345. The number of hydrogen-bond donors (Lipinski definition) is 1. The summed E-state index contributed by atoms with van der Waals surface area (Å²) in [4.78, 5) is 0. The van der Waals surface area contributed by atoms with E-state index in [0.717, 1.165) is 6.54 Å². The Hall–Kier alpha value is -1.09. The van der Waals surface area contributed by atoms with Gasteiger partial charge in [0.2, 0.25) is 0 Å². The Balaban J connectivity index is 2.47. The smallest absolute Gasteiger partial charge is 0.0547 e. The monoisotopic (exact) mass is 193 g/mol. The zero-order chi connectivity index (χ0) is 10.6. The maximum atomic E-state index is 4.14. The largest absolute Gasteiger partial charge is 0.305 e. The van der Waals surface area contributed by atoms with Crippen LogP contribution in [0, 0.1) is 0 Å². The first kappa shape index (κ1) is 11.0. The summed E-state index contributed by atoms with van der Waals surface area (Å²) in [5.41, 5.74) is 2.56. The SMILES string of the molecule is CC(C)=CCNC(C)c1ccnn1C. The number of aryl methyl sites for hydroxylation is 1. The van der Waals surface area contributed by atoms with E-state index >= 15 is 0 Å². The van der Waals surface area contributed by atoms with Crippen LogP contribution in [-0.2, 0) is 7.05 Å². The summed E-state index contributed by atoms with van der Waals surface area (Å²) in [5.74, 6) is 0. The van der Waals surface area contributed by atoms with E-state index in [9.17, 15) is 0 Å². The molecule has 0 aromatic carbocycles. The van der Waals surface area contributed by atoms with Gasteiger partial charge in [-0.15, -0.1) is 0 Å². The second kappa shape index (κ2) is 4.96. The summed E-state index contributed by atoms with van der Waals surface area (Å²) in [5, 5.41) is 7.56. The van der Waals surface area contributed by atoms with Crippen LogP contribution in [0.5, 0.6) is 0 Å². The van der Waals surface area contributed by atoms with Gasteiger partial charge in [-0.05, 0) is 26.8 Å². The maximum Gasteiger partial charge on any atom is 0.0547 e. The van der Waals surface area contributed by atoms with Crippen LogP contribution in [0.25, 0.3) is 0 Å². The van der Waals surface area contributed by atoms with Crippen LogP contribution >= 0.6 is 0 Å². The Kier molecular flexibility index (Phi) is 3.89. The molecular weight excluding hydrogens is 174 g/mol. The molecule has 0 fully saturated rings. The number of nitrogens with zero attached hydrogens (tertiary/aromatic N) is 2. The molecule has 0 saturated carbocycles. The Morgan fingerprint density at radius 3 is 2.86 bits per heavy atom. The molecule has 78 valence electrons. The highest BCUT2D eigenvalue weighted by Crippen LogP contribution is 2.09. The van der Waals surface area contributed by atoms with Gasteiger partial charge in [0.05, 0.1) is 5.69 Å². The van der Waals surface area contributed by atoms with Crippen LogP contribution in [0.2, 0.25) is 0 Å². The van der Waals surface area contributed by atoms with E-state index in [1.165, 1.54) is 11.3 Å². The third-order valence-electron chi connectivity index (χ3n) is 2.24. The standard InChI is InChI=1S/C11H19N3/c1-9(2)5-7-12-10(3)11-6-8-13-14(11)4/h5-6,8,10,12H,7H2,1-4H3. The average molecular weight is 193 g/mol. The maximum absolute atomic E-state index is 4.14. The molecule has 0 aliphatic carbocycles. The molecule has 1 aromatic rings. The molecule has 0 bridgehead atoms. The molecule has 1 unspecified atom stereocenters. The summed E-state index contributed by atoms with van der Waals surface area (Å²) in [6.07, 6.45) is 4.02. The fourth-order valence-electron chi connectivity index (χ4n) is 1.35. The topological polar surface area (TPSA) is 29.9 Å². The van der Waals surface area contributed by atoms with Crippen molar-refractivity contribution in [3.63, 3.8) is 0 Å². The minimum absolute atomic E-state index is 0.345. The molecule has 1 N–H and O–H groups in total. The number of hydrogen-bond acceptors (Lipinski definition) is 2. The predicted molar refractivity (Wildman–Crippen MR) is 59.1 cm³/mol. The molecule has 3 nitrogen and oxygen atoms in total. The van der Waals surface area contributed by atoms with Gasteiger partial charge in [0.1, 0.15) is 0 Å². The van der Waals surface area contributed by atoms with Crippen molar-refractivity contribution in [2.45, 2.75) is 26.8 Å². The zero-order valence-electron chi connectivity index (χ0n) is 9.41. The van der Waals surface area contributed by atoms with Gasteiger partial charge < -0.3 is 5.32 Å². The lowest BCUT2D eigenvalue weighted by molar-refractivity contribution is 0.558. The third-order valence-corrected chi connectivity index (χ3v) is 2.24. The molecule has 0 amide bonds. The van der Waals surface area contributed by atoms with E-state index in [0.29, 0.717) is 6.04 Å². The molecule has 1 atom stereocenters. The number of aromatic nitrogens is 2. The lowest BCUT2D eigenvalue weighted by Crippen LogP contribution is -2.21. The van der Waals surface area contributed by atoms with Crippen LogP contribution < -0.4 is 5.32 Å². The van der Waals surface area contributed by atoms with Gasteiger partial charge in [0.25, 0.3) is 0 Å². The van der Waals surface area contributed by atoms with E-state index < -0.39 is 0 Å². The number of nitrogens with one attached hydrogen (secondary N) is 1. The lowest BCUT2D eigenvalue weighted by Gasteiger charge is -2.12. The normalized spacial score (nSPS) is 12.6. The van der Waals surface area contributed by atoms with E-state index in [2.05, 4.69) is 37.3 Å². The van der Waals surface area contributed by atoms with E-state index in [4.69, 9.17) is 0 Å².